The highest BCUT2D eigenvalue weighted by Gasteiger charge is 2.24. The summed E-state index contributed by atoms with van der Waals surface area (Å²) < 4.78 is 11.2. The monoisotopic (exact) mass is 396 g/mol. The van der Waals surface area contributed by atoms with Gasteiger partial charge in [-0.25, -0.2) is 0 Å². The largest absolute Gasteiger partial charge is 0.484 e. The fourth-order valence-corrected chi connectivity index (χ4v) is 3.38. The number of para-hydroxylation sites is 2. The zero-order valence-electron chi connectivity index (χ0n) is 16.8. The first-order valence-corrected chi connectivity index (χ1v) is 10.1. The molecule has 1 saturated heterocycles. The average Bonchev–Trinajstić information content (AvgIpc) is 2.77. The number of benzene rings is 2. The maximum absolute atomic E-state index is 12.5. The van der Waals surface area contributed by atoms with E-state index >= 15 is 0 Å². The Morgan fingerprint density at radius 3 is 2.38 bits per heavy atom. The van der Waals surface area contributed by atoms with Gasteiger partial charge in [-0.05, 0) is 43.0 Å². The van der Waals surface area contributed by atoms with Crippen LogP contribution in [0.3, 0.4) is 0 Å². The van der Waals surface area contributed by atoms with Gasteiger partial charge in [0.25, 0.3) is 11.8 Å². The molecular weight excluding hydrogens is 368 g/mol. The van der Waals surface area contributed by atoms with Crippen LogP contribution in [-0.2, 0) is 16.0 Å². The summed E-state index contributed by atoms with van der Waals surface area (Å²) in [4.78, 5) is 26.3. The molecule has 1 aliphatic rings. The Balaban J connectivity index is 1.37. The molecule has 3 rings (SSSR count). The minimum Gasteiger partial charge on any atom is -0.484 e. The van der Waals surface area contributed by atoms with Crippen LogP contribution in [0.15, 0.2) is 54.6 Å². The molecule has 1 aliphatic heterocycles. The lowest BCUT2D eigenvalue weighted by molar-refractivity contribution is -0.134. The fraction of sp³-hybridized carbons (Fsp3) is 0.391. The Morgan fingerprint density at radius 1 is 0.966 bits per heavy atom. The van der Waals surface area contributed by atoms with Gasteiger partial charge >= 0.3 is 0 Å². The van der Waals surface area contributed by atoms with Crippen molar-refractivity contribution in [3.63, 3.8) is 0 Å². The van der Waals surface area contributed by atoms with E-state index in [4.69, 9.17) is 9.47 Å². The molecule has 1 fully saturated rings. The summed E-state index contributed by atoms with van der Waals surface area (Å²) in [5.41, 5.74) is 1.10. The van der Waals surface area contributed by atoms with Crippen LogP contribution in [0.2, 0.25) is 0 Å². The topological polar surface area (TPSA) is 67.9 Å². The van der Waals surface area contributed by atoms with Crippen molar-refractivity contribution in [2.45, 2.75) is 32.2 Å². The van der Waals surface area contributed by atoms with Crippen molar-refractivity contribution in [2.24, 2.45) is 0 Å². The second-order valence-electron chi connectivity index (χ2n) is 7.07. The molecule has 2 aromatic carbocycles. The van der Waals surface area contributed by atoms with Gasteiger partial charge in [0.05, 0.1) is 0 Å². The molecule has 0 aliphatic carbocycles. The molecule has 0 unspecified atom stereocenters. The van der Waals surface area contributed by atoms with E-state index in [1.165, 1.54) is 0 Å². The Labute approximate surface area is 171 Å². The Hall–Kier alpha value is -3.02. The Morgan fingerprint density at radius 2 is 1.66 bits per heavy atom. The maximum Gasteiger partial charge on any atom is 0.260 e. The van der Waals surface area contributed by atoms with Gasteiger partial charge in [0.1, 0.15) is 11.5 Å². The van der Waals surface area contributed by atoms with E-state index in [1.807, 2.05) is 54.6 Å². The molecule has 29 heavy (non-hydrogen) atoms. The average molecular weight is 396 g/mol. The third-order valence-corrected chi connectivity index (χ3v) is 5.03. The molecule has 0 spiro atoms. The highest BCUT2D eigenvalue weighted by molar-refractivity contribution is 5.79. The van der Waals surface area contributed by atoms with Crippen molar-refractivity contribution in [2.75, 3.05) is 26.3 Å². The number of nitrogens with zero attached hydrogens (tertiary/aromatic N) is 1. The smallest absolute Gasteiger partial charge is 0.260 e. The normalized spacial score (nSPS) is 14.3. The Bertz CT molecular complexity index is 802. The molecule has 0 atom stereocenters. The molecule has 6 nitrogen and oxygen atoms in total. The van der Waals surface area contributed by atoms with Gasteiger partial charge < -0.3 is 19.7 Å². The van der Waals surface area contributed by atoms with E-state index in [9.17, 15) is 9.59 Å². The molecule has 1 N–H and O–H groups in total. The van der Waals surface area contributed by atoms with E-state index < -0.39 is 0 Å². The summed E-state index contributed by atoms with van der Waals surface area (Å²) in [5, 5.41) is 2.99. The number of aryl methyl sites for hydroxylation is 1. The highest BCUT2D eigenvalue weighted by atomic mass is 16.5. The summed E-state index contributed by atoms with van der Waals surface area (Å²) in [6.07, 6.45) is 2.33. The molecule has 2 aromatic rings. The van der Waals surface area contributed by atoms with Crippen molar-refractivity contribution >= 4 is 11.8 Å². The third-order valence-electron chi connectivity index (χ3n) is 5.03. The number of amides is 2. The third kappa shape index (κ3) is 6.24. The van der Waals surface area contributed by atoms with Crippen molar-refractivity contribution in [3.05, 3.63) is 60.2 Å². The number of nitrogens with one attached hydrogen (secondary N) is 1. The summed E-state index contributed by atoms with van der Waals surface area (Å²) in [7, 11) is 0. The first-order valence-electron chi connectivity index (χ1n) is 10.1. The zero-order chi connectivity index (χ0) is 20.5. The number of piperidine rings is 1. The number of hydrogen-bond donors (Lipinski definition) is 1. The number of rotatable bonds is 8. The predicted octanol–water partition coefficient (Wildman–Crippen LogP) is 2.81. The molecular formula is C23H28N2O4. The van der Waals surface area contributed by atoms with Gasteiger partial charge in [-0.2, -0.15) is 0 Å². The molecule has 2 amide bonds. The molecule has 6 heteroatoms. The Kier molecular flexibility index (Phi) is 7.50. The predicted molar refractivity (Wildman–Crippen MR) is 111 cm³/mol. The molecule has 0 radical (unpaired) electrons. The summed E-state index contributed by atoms with van der Waals surface area (Å²) in [6.45, 7) is 3.32. The second-order valence-corrected chi connectivity index (χ2v) is 7.07. The van der Waals surface area contributed by atoms with Crippen molar-refractivity contribution in [1.82, 2.24) is 10.2 Å². The molecule has 0 aromatic heterocycles. The maximum atomic E-state index is 12.5. The minimum absolute atomic E-state index is 0.00612. The van der Waals surface area contributed by atoms with Crippen LogP contribution in [0, 0.1) is 0 Å². The highest BCUT2D eigenvalue weighted by Crippen LogP contribution is 2.19. The van der Waals surface area contributed by atoms with E-state index in [0.717, 1.165) is 30.6 Å². The van der Waals surface area contributed by atoms with Gasteiger partial charge in [0, 0.05) is 19.1 Å². The van der Waals surface area contributed by atoms with Crippen LogP contribution in [0.25, 0.3) is 0 Å². The van der Waals surface area contributed by atoms with E-state index in [0.29, 0.717) is 18.8 Å². The minimum atomic E-state index is -0.141. The van der Waals surface area contributed by atoms with Crippen LogP contribution < -0.4 is 14.8 Å². The molecule has 1 heterocycles. The summed E-state index contributed by atoms with van der Waals surface area (Å²) in [6, 6.07) is 17.1. The zero-order valence-corrected chi connectivity index (χ0v) is 16.8. The standard InChI is InChI=1S/C23H28N2O4/c1-2-18-8-6-7-11-21(18)29-17-23(27)25-14-12-19(13-15-25)24-22(26)16-28-20-9-4-3-5-10-20/h3-11,19H,2,12-17H2,1H3,(H,24,26). The lowest BCUT2D eigenvalue weighted by atomic mass is 10.1. The number of carbonyl (C=O) groups excluding carboxylic acids is 2. The molecule has 154 valence electrons. The number of likely N-dealkylation sites (tertiary alicyclic amines) is 1. The van der Waals surface area contributed by atoms with E-state index in [2.05, 4.69) is 12.2 Å². The van der Waals surface area contributed by atoms with Crippen LogP contribution >= 0.6 is 0 Å². The van der Waals surface area contributed by atoms with Crippen LogP contribution in [0.4, 0.5) is 0 Å². The van der Waals surface area contributed by atoms with Crippen molar-refractivity contribution < 1.29 is 19.1 Å². The number of ether oxygens (including phenoxy) is 2. The van der Waals surface area contributed by atoms with E-state index in [1.54, 1.807) is 4.90 Å². The van der Waals surface area contributed by atoms with E-state index in [-0.39, 0.29) is 31.1 Å². The van der Waals surface area contributed by atoms with Gasteiger partial charge in [0.15, 0.2) is 13.2 Å². The van der Waals surface area contributed by atoms with Gasteiger partial charge in [-0.15, -0.1) is 0 Å². The lowest BCUT2D eigenvalue weighted by Crippen LogP contribution is -2.48. The van der Waals surface area contributed by atoms with Crippen LogP contribution in [-0.4, -0.2) is 49.1 Å². The lowest BCUT2D eigenvalue weighted by Gasteiger charge is -2.32. The quantitative estimate of drug-likeness (QED) is 0.745. The van der Waals surface area contributed by atoms with Crippen LogP contribution in [0.1, 0.15) is 25.3 Å². The van der Waals surface area contributed by atoms with Gasteiger partial charge in [-0.1, -0.05) is 43.3 Å². The van der Waals surface area contributed by atoms with Gasteiger partial charge in [0.2, 0.25) is 0 Å². The van der Waals surface area contributed by atoms with Crippen molar-refractivity contribution in [3.8, 4) is 11.5 Å². The first-order chi connectivity index (χ1) is 14.2. The van der Waals surface area contributed by atoms with Gasteiger partial charge in [-0.3, -0.25) is 9.59 Å². The summed E-state index contributed by atoms with van der Waals surface area (Å²) >= 11 is 0. The number of carbonyl (C=O) groups is 2. The molecule has 0 saturated carbocycles. The van der Waals surface area contributed by atoms with Crippen LogP contribution in [0.5, 0.6) is 11.5 Å². The summed E-state index contributed by atoms with van der Waals surface area (Å²) in [5.74, 6) is 1.28. The van der Waals surface area contributed by atoms with Crippen molar-refractivity contribution in [1.29, 1.82) is 0 Å². The first kappa shape index (κ1) is 20.7. The fourth-order valence-electron chi connectivity index (χ4n) is 3.38. The molecule has 0 bridgehead atoms. The second kappa shape index (κ2) is 10.5. The SMILES string of the molecule is CCc1ccccc1OCC(=O)N1CCC(NC(=O)COc2ccccc2)CC1. The number of hydrogen-bond acceptors (Lipinski definition) is 4.